The number of rotatable bonds is 4. The standard InChI is InChI=1S/C13H23N5/c1-4-12-10-18(6-5-17(12)3)13-15-8-11(7-14-2)9-16-13/h8-9,12,14H,4-7,10H2,1-3H3. The molecule has 0 radical (unpaired) electrons. The topological polar surface area (TPSA) is 44.3 Å². The SMILES string of the molecule is CCC1CN(c2ncc(CNC)cn2)CCN1C. The predicted octanol–water partition coefficient (Wildman–Crippen LogP) is 0.726. The molecule has 18 heavy (non-hydrogen) atoms. The number of nitrogens with zero attached hydrogens (tertiary/aromatic N) is 4. The Morgan fingerprint density at radius 2 is 2.06 bits per heavy atom. The lowest BCUT2D eigenvalue weighted by Gasteiger charge is -2.39. The molecule has 0 aliphatic carbocycles. The zero-order chi connectivity index (χ0) is 13.0. The van der Waals surface area contributed by atoms with Gasteiger partial charge in [0.1, 0.15) is 0 Å². The second kappa shape index (κ2) is 6.11. The van der Waals surface area contributed by atoms with Crippen LogP contribution in [0.15, 0.2) is 12.4 Å². The summed E-state index contributed by atoms with van der Waals surface area (Å²) in [6.45, 7) is 6.18. The smallest absolute Gasteiger partial charge is 0.225 e. The monoisotopic (exact) mass is 249 g/mol. The summed E-state index contributed by atoms with van der Waals surface area (Å²) in [6, 6.07) is 0.610. The summed E-state index contributed by atoms with van der Waals surface area (Å²) in [5.41, 5.74) is 1.13. The van der Waals surface area contributed by atoms with Crippen molar-refractivity contribution in [2.75, 3.05) is 38.6 Å². The van der Waals surface area contributed by atoms with Gasteiger partial charge in [-0.25, -0.2) is 9.97 Å². The first-order valence-electron chi connectivity index (χ1n) is 6.65. The van der Waals surface area contributed by atoms with Crippen molar-refractivity contribution in [1.82, 2.24) is 20.2 Å². The first-order valence-corrected chi connectivity index (χ1v) is 6.65. The summed E-state index contributed by atoms with van der Waals surface area (Å²) in [4.78, 5) is 13.7. The van der Waals surface area contributed by atoms with E-state index in [0.717, 1.165) is 37.7 Å². The van der Waals surface area contributed by atoms with Crippen LogP contribution < -0.4 is 10.2 Å². The van der Waals surface area contributed by atoms with Crippen molar-refractivity contribution in [3.8, 4) is 0 Å². The van der Waals surface area contributed by atoms with E-state index in [9.17, 15) is 0 Å². The molecule has 5 nitrogen and oxygen atoms in total. The molecule has 2 heterocycles. The predicted molar refractivity (Wildman–Crippen MR) is 73.7 cm³/mol. The van der Waals surface area contributed by atoms with E-state index in [2.05, 4.69) is 39.1 Å². The summed E-state index contributed by atoms with van der Waals surface area (Å²) in [6.07, 6.45) is 5.00. The number of hydrogen-bond donors (Lipinski definition) is 1. The van der Waals surface area contributed by atoms with Crippen LogP contribution in [0.25, 0.3) is 0 Å². The fourth-order valence-corrected chi connectivity index (χ4v) is 2.38. The molecule has 0 saturated carbocycles. The van der Waals surface area contributed by atoms with Crippen molar-refractivity contribution in [3.63, 3.8) is 0 Å². The third-order valence-corrected chi connectivity index (χ3v) is 3.60. The van der Waals surface area contributed by atoms with E-state index < -0.39 is 0 Å². The first kappa shape index (κ1) is 13.2. The van der Waals surface area contributed by atoms with Gasteiger partial charge in [-0.05, 0) is 20.5 Å². The number of aromatic nitrogens is 2. The van der Waals surface area contributed by atoms with E-state index in [1.165, 1.54) is 6.42 Å². The van der Waals surface area contributed by atoms with Crippen LogP contribution in [0.5, 0.6) is 0 Å². The van der Waals surface area contributed by atoms with Crippen molar-refractivity contribution >= 4 is 5.95 Å². The highest BCUT2D eigenvalue weighted by atomic mass is 15.3. The molecule has 1 aliphatic rings. The van der Waals surface area contributed by atoms with Crippen LogP contribution in [0, 0.1) is 0 Å². The van der Waals surface area contributed by atoms with Crippen molar-refractivity contribution in [1.29, 1.82) is 0 Å². The number of nitrogens with one attached hydrogen (secondary N) is 1. The Balaban J connectivity index is 2.02. The van der Waals surface area contributed by atoms with Gasteiger partial charge < -0.3 is 10.2 Å². The van der Waals surface area contributed by atoms with E-state index in [-0.39, 0.29) is 0 Å². The third kappa shape index (κ3) is 2.97. The highest BCUT2D eigenvalue weighted by Gasteiger charge is 2.24. The van der Waals surface area contributed by atoms with Crippen molar-refractivity contribution in [2.45, 2.75) is 25.9 Å². The zero-order valence-corrected chi connectivity index (χ0v) is 11.6. The lowest BCUT2D eigenvalue weighted by Crippen LogP contribution is -2.51. The molecule has 1 N–H and O–H groups in total. The van der Waals surface area contributed by atoms with Crippen molar-refractivity contribution in [2.24, 2.45) is 0 Å². The molecule has 1 aromatic rings. The molecule has 0 spiro atoms. The number of piperazine rings is 1. The van der Waals surface area contributed by atoms with Crippen molar-refractivity contribution < 1.29 is 0 Å². The normalized spacial score (nSPS) is 21.3. The van der Waals surface area contributed by atoms with Gasteiger partial charge in [-0.15, -0.1) is 0 Å². The van der Waals surface area contributed by atoms with Gasteiger partial charge in [-0.2, -0.15) is 0 Å². The first-order chi connectivity index (χ1) is 8.74. The molecule has 0 aromatic carbocycles. The fraction of sp³-hybridized carbons (Fsp3) is 0.692. The molecular weight excluding hydrogens is 226 g/mol. The molecule has 1 fully saturated rings. The summed E-state index contributed by atoms with van der Waals surface area (Å²) in [5.74, 6) is 0.862. The summed E-state index contributed by atoms with van der Waals surface area (Å²) in [5, 5.41) is 3.10. The average Bonchev–Trinajstić information content (AvgIpc) is 2.41. The molecule has 1 unspecified atom stereocenters. The number of hydrogen-bond acceptors (Lipinski definition) is 5. The second-order valence-electron chi connectivity index (χ2n) is 4.91. The van der Waals surface area contributed by atoms with E-state index >= 15 is 0 Å². The minimum atomic E-state index is 0.610. The molecule has 0 bridgehead atoms. The minimum absolute atomic E-state index is 0.610. The largest absolute Gasteiger partial charge is 0.338 e. The highest BCUT2D eigenvalue weighted by molar-refractivity contribution is 5.31. The Hall–Kier alpha value is -1.20. The number of anilines is 1. The molecule has 0 amide bonds. The van der Waals surface area contributed by atoms with Gasteiger partial charge in [0, 0.05) is 50.2 Å². The van der Waals surface area contributed by atoms with E-state index in [1.807, 2.05) is 19.4 Å². The van der Waals surface area contributed by atoms with Crippen LogP contribution in [0.2, 0.25) is 0 Å². The Morgan fingerprint density at radius 1 is 1.33 bits per heavy atom. The Bertz CT molecular complexity index is 364. The van der Waals surface area contributed by atoms with Gasteiger partial charge in [0.05, 0.1) is 0 Å². The maximum absolute atomic E-state index is 4.47. The van der Waals surface area contributed by atoms with Gasteiger partial charge >= 0.3 is 0 Å². The van der Waals surface area contributed by atoms with Gasteiger partial charge in [-0.3, -0.25) is 4.90 Å². The van der Waals surface area contributed by atoms with Gasteiger partial charge in [0.25, 0.3) is 0 Å². The average molecular weight is 249 g/mol. The summed E-state index contributed by atoms with van der Waals surface area (Å²) >= 11 is 0. The molecular formula is C13H23N5. The molecule has 1 saturated heterocycles. The lowest BCUT2D eigenvalue weighted by atomic mass is 10.1. The summed E-state index contributed by atoms with van der Waals surface area (Å²) in [7, 11) is 4.13. The quantitative estimate of drug-likeness (QED) is 0.852. The van der Waals surface area contributed by atoms with E-state index in [1.54, 1.807) is 0 Å². The maximum Gasteiger partial charge on any atom is 0.225 e. The molecule has 5 heteroatoms. The van der Waals surface area contributed by atoms with Gasteiger partial charge in [0.15, 0.2) is 0 Å². The van der Waals surface area contributed by atoms with Crippen LogP contribution >= 0.6 is 0 Å². The van der Waals surface area contributed by atoms with Crippen LogP contribution in [-0.2, 0) is 6.54 Å². The minimum Gasteiger partial charge on any atom is -0.338 e. The third-order valence-electron chi connectivity index (χ3n) is 3.60. The van der Waals surface area contributed by atoms with Crippen LogP contribution in [0.3, 0.4) is 0 Å². The second-order valence-corrected chi connectivity index (χ2v) is 4.91. The maximum atomic E-state index is 4.47. The van der Waals surface area contributed by atoms with Crippen LogP contribution in [0.4, 0.5) is 5.95 Å². The van der Waals surface area contributed by atoms with Crippen LogP contribution in [0.1, 0.15) is 18.9 Å². The Kier molecular flexibility index (Phi) is 4.49. The summed E-state index contributed by atoms with van der Waals surface area (Å²) < 4.78 is 0. The molecule has 100 valence electrons. The fourth-order valence-electron chi connectivity index (χ4n) is 2.38. The van der Waals surface area contributed by atoms with E-state index in [4.69, 9.17) is 0 Å². The molecule has 2 rings (SSSR count). The number of likely N-dealkylation sites (N-methyl/N-ethyl adjacent to an activating group) is 1. The van der Waals surface area contributed by atoms with Crippen LogP contribution in [-0.4, -0.2) is 54.6 Å². The molecule has 1 aromatic heterocycles. The van der Waals surface area contributed by atoms with Crippen molar-refractivity contribution in [3.05, 3.63) is 18.0 Å². The molecule has 1 aliphatic heterocycles. The van der Waals surface area contributed by atoms with Gasteiger partial charge in [-0.1, -0.05) is 6.92 Å². The van der Waals surface area contributed by atoms with E-state index in [0.29, 0.717) is 6.04 Å². The Morgan fingerprint density at radius 3 is 2.67 bits per heavy atom. The lowest BCUT2D eigenvalue weighted by molar-refractivity contribution is 0.212. The molecule has 1 atom stereocenters. The zero-order valence-electron chi connectivity index (χ0n) is 11.6. The Labute approximate surface area is 109 Å². The highest BCUT2D eigenvalue weighted by Crippen LogP contribution is 2.15. The van der Waals surface area contributed by atoms with Gasteiger partial charge in [0.2, 0.25) is 5.95 Å².